The zero-order chi connectivity index (χ0) is 16.2. The molecule has 4 nitrogen and oxygen atoms in total. The van der Waals surface area contributed by atoms with Crippen LogP contribution in [0.1, 0.15) is 24.5 Å². The van der Waals surface area contributed by atoms with Crippen LogP contribution in [0.3, 0.4) is 0 Å². The maximum atomic E-state index is 12.2. The maximum absolute atomic E-state index is 12.2. The Morgan fingerprint density at radius 1 is 1.09 bits per heavy atom. The van der Waals surface area contributed by atoms with E-state index >= 15 is 0 Å². The Kier molecular flexibility index (Phi) is 5.21. The van der Waals surface area contributed by atoms with Gasteiger partial charge in [0.05, 0.1) is 10.6 Å². The molecule has 2 aromatic carbocycles. The summed E-state index contributed by atoms with van der Waals surface area (Å²) < 4.78 is 24.4. The monoisotopic (exact) mass is 336 g/mol. The average molecular weight is 337 g/mol. The summed E-state index contributed by atoms with van der Waals surface area (Å²) >= 11 is 5.76. The predicted molar refractivity (Wildman–Crippen MR) is 89.8 cm³/mol. The molecule has 0 heterocycles. The summed E-state index contributed by atoms with van der Waals surface area (Å²) in [4.78, 5) is 2.40. The van der Waals surface area contributed by atoms with Crippen LogP contribution in [-0.4, -0.2) is 14.1 Å². The Morgan fingerprint density at radius 2 is 1.68 bits per heavy atom. The zero-order valence-electron chi connectivity index (χ0n) is 12.4. The van der Waals surface area contributed by atoms with Gasteiger partial charge in [-0.15, -0.1) is 0 Å². The molecule has 0 atom stereocenters. The molecule has 0 saturated heterocycles. The molecular formula is C16H17ClN2O2S. The van der Waals surface area contributed by atoms with Gasteiger partial charge in [0.1, 0.15) is 0 Å². The summed E-state index contributed by atoms with van der Waals surface area (Å²) in [5.74, 6) is 0. The van der Waals surface area contributed by atoms with Crippen LogP contribution in [0.5, 0.6) is 0 Å². The molecule has 0 saturated carbocycles. The first-order valence-corrected chi connectivity index (χ1v) is 8.69. The number of rotatable bonds is 5. The first-order chi connectivity index (χ1) is 10.4. The van der Waals surface area contributed by atoms with E-state index in [1.807, 2.05) is 38.1 Å². The second kappa shape index (κ2) is 6.94. The van der Waals surface area contributed by atoms with Crippen molar-refractivity contribution in [1.29, 1.82) is 0 Å². The molecule has 2 rings (SSSR count). The molecule has 0 amide bonds. The quantitative estimate of drug-likeness (QED) is 0.668. The fourth-order valence-corrected chi connectivity index (χ4v) is 2.83. The van der Waals surface area contributed by atoms with Crippen LogP contribution in [0.2, 0.25) is 5.02 Å². The van der Waals surface area contributed by atoms with Crippen LogP contribution >= 0.6 is 11.6 Å². The lowest BCUT2D eigenvalue weighted by molar-refractivity contribution is 0.584. The number of hydrazone groups is 1. The molecule has 0 radical (unpaired) electrons. The largest absolute Gasteiger partial charge is 0.276 e. The third-order valence-corrected chi connectivity index (χ3v) is 4.62. The first kappa shape index (κ1) is 16.5. The van der Waals surface area contributed by atoms with Gasteiger partial charge in [0.25, 0.3) is 10.0 Å². The number of hydrogen-bond donors (Lipinski definition) is 1. The number of nitrogens with one attached hydrogen (secondary N) is 1. The smallest absolute Gasteiger partial charge is 0.200 e. The highest BCUT2D eigenvalue weighted by Gasteiger charge is 2.13. The van der Waals surface area contributed by atoms with Crippen molar-refractivity contribution in [1.82, 2.24) is 4.83 Å². The van der Waals surface area contributed by atoms with E-state index in [0.717, 1.165) is 11.1 Å². The number of aryl methyl sites for hydroxylation is 1. The minimum atomic E-state index is -3.69. The van der Waals surface area contributed by atoms with Gasteiger partial charge in [-0.1, -0.05) is 48.4 Å². The predicted octanol–water partition coefficient (Wildman–Crippen LogP) is 3.74. The molecule has 0 spiro atoms. The van der Waals surface area contributed by atoms with E-state index in [-0.39, 0.29) is 4.90 Å². The van der Waals surface area contributed by atoms with E-state index in [4.69, 9.17) is 11.6 Å². The number of halogens is 1. The van der Waals surface area contributed by atoms with Crippen molar-refractivity contribution in [2.75, 3.05) is 0 Å². The Morgan fingerprint density at radius 3 is 2.23 bits per heavy atom. The second-order valence-corrected chi connectivity index (χ2v) is 6.92. The van der Waals surface area contributed by atoms with Gasteiger partial charge in [-0.3, -0.25) is 0 Å². The highest BCUT2D eigenvalue weighted by atomic mass is 35.5. The Balaban J connectivity index is 2.24. The van der Waals surface area contributed by atoms with Gasteiger partial charge in [-0.2, -0.15) is 18.4 Å². The lowest BCUT2D eigenvalue weighted by Gasteiger charge is -2.07. The standard InChI is InChI=1S/C16H17ClN2O2S/c1-3-16(13-6-4-12(2)5-7-13)18-19-22(20,21)15-10-8-14(17)9-11-15/h4-11,19H,3H2,1-2H3/b18-16+. The number of nitrogens with zero attached hydrogens (tertiary/aromatic N) is 1. The maximum Gasteiger partial charge on any atom is 0.276 e. The molecule has 0 aliphatic rings. The topological polar surface area (TPSA) is 58.5 Å². The molecule has 0 aliphatic heterocycles. The second-order valence-electron chi connectivity index (χ2n) is 4.83. The molecule has 22 heavy (non-hydrogen) atoms. The van der Waals surface area contributed by atoms with Crippen LogP contribution in [-0.2, 0) is 10.0 Å². The van der Waals surface area contributed by atoms with E-state index in [1.54, 1.807) is 0 Å². The van der Waals surface area contributed by atoms with Gasteiger partial charge in [0, 0.05) is 5.02 Å². The average Bonchev–Trinajstić information content (AvgIpc) is 2.50. The van der Waals surface area contributed by atoms with Gasteiger partial charge in [-0.05, 0) is 43.2 Å². The number of sulfonamides is 1. The fraction of sp³-hybridized carbons (Fsp3) is 0.188. The van der Waals surface area contributed by atoms with Crippen molar-refractivity contribution >= 4 is 27.3 Å². The van der Waals surface area contributed by atoms with Crippen molar-refractivity contribution in [3.05, 3.63) is 64.7 Å². The lowest BCUT2D eigenvalue weighted by atomic mass is 10.1. The summed E-state index contributed by atoms with van der Waals surface area (Å²) in [6, 6.07) is 13.7. The molecule has 0 fully saturated rings. The Bertz CT molecular complexity index is 767. The van der Waals surface area contributed by atoms with Crippen molar-refractivity contribution in [2.24, 2.45) is 5.10 Å². The summed E-state index contributed by atoms with van der Waals surface area (Å²) in [5, 5.41) is 4.54. The number of benzene rings is 2. The van der Waals surface area contributed by atoms with E-state index in [0.29, 0.717) is 17.2 Å². The lowest BCUT2D eigenvalue weighted by Crippen LogP contribution is -2.20. The van der Waals surface area contributed by atoms with E-state index < -0.39 is 10.0 Å². The third kappa shape index (κ3) is 4.08. The molecule has 1 N–H and O–H groups in total. The first-order valence-electron chi connectivity index (χ1n) is 6.83. The van der Waals surface area contributed by atoms with Crippen molar-refractivity contribution in [3.63, 3.8) is 0 Å². The minimum Gasteiger partial charge on any atom is -0.200 e. The van der Waals surface area contributed by atoms with Gasteiger partial charge in [0.2, 0.25) is 0 Å². The van der Waals surface area contributed by atoms with Gasteiger partial charge in [-0.25, -0.2) is 0 Å². The molecule has 6 heteroatoms. The van der Waals surface area contributed by atoms with Crippen molar-refractivity contribution in [2.45, 2.75) is 25.2 Å². The normalized spacial score (nSPS) is 12.2. The summed E-state index contributed by atoms with van der Waals surface area (Å²) in [6.45, 7) is 3.92. The highest BCUT2D eigenvalue weighted by Crippen LogP contribution is 2.14. The summed E-state index contributed by atoms with van der Waals surface area (Å²) in [7, 11) is -3.69. The highest BCUT2D eigenvalue weighted by molar-refractivity contribution is 7.89. The van der Waals surface area contributed by atoms with E-state index in [2.05, 4.69) is 9.93 Å². The molecule has 116 valence electrons. The van der Waals surface area contributed by atoms with Crippen LogP contribution in [0.15, 0.2) is 58.5 Å². The van der Waals surface area contributed by atoms with Crippen LogP contribution in [0.25, 0.3) is 0 Å². The molecule has 0 aliphatic carbocycles. The molecular weight excluding hydrogens is 320 g/mol. The molecule has 0 unspecified atom stereocenters. The molecule has 2 aromatic rings. The minimum absolute atomic E-state index is 0.125. The SMILES string of the molecule is CC/C(=N\NS(=O)(=O)c1ccc(Cl)cc1)c1ccc(C)cc1. The zero-order valence-corrected chi connectivity index (χ0v) is 13.9. The molecule has 0 bridgehead atoms. The molecule has 0 aromatic heterocycles. The Hall–Kier alpha value is -1.85. The summed E-state index contributed by atoms with van der Waals surface area (Å²) in [5.41, 5.74) is 2.71. The van der Waals surface area contributed by atoms with Crippen molar-refractivity contribution < 1.29 is 8.42 Å². The van der Waals surface area contributed by atoms with Crippen LogP contribution < -0.4 is 4.83 Å². The van der Waals surface area contributed by atoms with Gasteiger partial charge >= 0.3 is 0 Å². The fourth-order valence-electron chi connectivity index (χ4n) is 1.88. The number of hydrogen-bond acceptors (Lipinski definition) is 3. The van der Waals surface area contributed by atoms with Crippen LogP contribution in [0.4, 0.5) is 0 Å². The van der Waals surface area contributed by atoms with Gasteiger partial charge in [0.15, 0.2) is 0 Å². The van der Waals surface area contributed by atoms with E-state index in [9.17, 15) is 8.42 Å². The Labute approximate surface area is 135 Å². The van der Waals surface area contributed by atoms with Gasteiger partial charge < -0.3 is 0 Å². The summed E-state index contributed by atoms with van der Waals surface area (Å²) in [6.07, 6.45) is 0.617. The van der Waals surface area contributed by atoms with E-state index in [1.165, 1.54) is 24.3 Å². The van der Waals surface area contributed by atoms with Crippen molar-refractivity contribution in [3.8, 4) is 0 Å². The van der Waals surface area contributed by atoms with Crippen LogP contribution in [0, 0.1) is 6.92 Å². The third-order valence-electron chi connectivity index (χ3n) is 3.14.